The van der Waals surface area contributed by atoms with E-state index in [2.05, 4.69) is 49.4 Å². The van der Waals surface area contributed by atoms with Gasteiger partial charge in [0, 0.05) is 9.75 Å². The second-order valence-electron chi connectivity index (χ2n) is 7.70. The van der Waals surface area contributed by atoms with Crippen molar-refractivity contribution in [1.82, 2.24) is 0 Å². The molecular weight excluding hydrogens is 376 g/mol. The van der Waals surface area contributed by atoms with Gasteiger partial charge in [0.25, 0.3) is 0 Å². The van der Waals surface area contributed by atoms with Crippen molar-refractivity contribution >= 4 is 11.3 Å². The van der Waals surface area contributed by atoms with Gasteiger partial charge in [0.1, 0.15) is 0 Å². The van der Waals surface area contributed by atoms with Crippen LogP contribution in [-0.4, -0.2) is 10.2 Å². The van der Waals surface area contributed by atoms with Gasteiger partial charge in [0.05, 0.1) is 12.2 Å². The molecule has 29 heavy (non-hydrogen) atoms. The minimum absolute atomic E-state index is 0.0982. The Morgan fingerprint density at radius 2 is 1.52 bits per heavy atom. The van der Waals surface area contributed by atoms with Gasteiger partial charge in [-0.05, 0) is 72.1 Å². The van der Waals surface area contributed by atoms with Crippen molar-refractivity contribution in [2.45, 2.75) is 65.1 Å². The maximum absolute atomic E-state index is 10.9. The van der Waals surface area contributed by atoms with Gasteiger partial charge in [0.2, 0.25) is 0 Å². The number of rotatable bonds is 9. The molecule has 0 saturated heterocycles. The van der Waals surface area contributed by atoms with E-state index in [1.165, 1.54) is 26.4 Å². The van der Waals surface area contributed by atoms with Gasteiger partial charge in [-0.25, -0.2) is 0 Å². The number of benzene rings is 2. The van der Waals surface area contributed by atoms with Gasteiger partial charge in [-0.1, -0.05) is 63.2 Å². The van der Waals surface area contributed by atoms with Crippen molar-refractivity contribution in [3.63, 3.8) is 0 Å². The lowest BCUT2D eigenvalue weighted by Crippen LogP contribution is -2.23. The van der Waals surface area contributed by atoms with E-state index in [4.69, 9.17) is 5.11 Å². The third-order valence-corrected chi connectivity index (χ3v) is 7.16. The third kappa shape index (κ3) is 4.98. The molecule has 0 saturated carbocycles. The molecule has 0 bridgehead atoms. The molecule has 0 atom stereocenters. The maximum Gasteiger partial charge on any atom is 0.0891 e. The molecule has 0 aliphatic heterocycles. The Balaban J connectivity index is 1.76. The highest BCUT2D eigenvalue weighted by molar-refractivity contribution is 7.15. The zero-order valence-electron chi connectivity index (χ0n) is 17.7. The zero-order valence-corrected chi connectivity index (χ0v) is 18.6. The van der Waals surface area contributed by atoms with Gasteiger partial charge >= 0.3 is 0 Å². The standard InChI is InChI=1S/C26H32O2S/c1-4-21-17-22(26(28,5-2)6-3)12-15-24(21)25-16-14-23(29-25)13-11-19-7-9-20(18-27)10-8-19/h7-10,12,14-17,27-28H,4-6,11,13,18H2,1-3H3. The first kappa shape index (κ1) is 21.8. The van der Waals surface area contributed by atoms with E-state index in [-0.39, 0.29) is 6.61 Å². The number of aliphatic hydroxyl groups excluding tert-OH is 1. The van der Waals surface area contributed by atoms with E-state index in [0.29, 0.717) is 0 Å². The summed E-state index contributed by atoms with van der Waals surface area (Å²) in [5.41, 5.74) is 5.15. The molecule has 3 rings (SSSR count). The van der Waals surface area contributed by atoms with Crippen LogP contribution in [-0.2, 0) is 31.5 Å². The summed E-state index contributed by atoms with van der Waals surface area (Å²) >= 11 is 1.86. The number of aryl methyl sites for hydroxylation is 3. The quantitative estimate of drug-likeness (QED) is 0.438. The molecule has 2 aromatic carbocycles. The van der Waals surface area contributed by atoms with Crippen molar-refractivity contribution in [1.29, 1.82) is 0 Å². The Hall–Kier alpha value is -1.94. The molecule has 3 aromatic rings. The fraction of sp³-hybridized carbons (Fsp3) is 0.385. The summed E-state index contributed by atoms with van der Waals surface area (Å²) in [5.74, 6) is 0. The fourth-order valence-electron chi connectivity index (χ4n) is 3.81. The smallest absolute Gasteiger partial charge is 0.0891 e. The number of thiophene rings is 1. The van der Waals surface area contributed by atoms with E-state index >= 15 is 0 Å². The lowest BCUT2D eigenvalue weighted by Gasteiger charge is -2.27. The molecule has 1 aromatic heterocycles. The van der Waals surface area contributed by atoms with Crippen LogP contribution in [0.25, 0.3) is 10.4 Å². The van der Waals surface area contributed by atoms with Gasteiger partial charge in [-0.15, -0.1) is 11.3 Å². The predicted molar refractivity (Wildman–Crippen MR) is 123 cm³/mol. The molecule has 0 radical (unpaired) electrons. The molecule has 2 nitrogen and oxygen atoms in total. The lowest BCUT2D eigenvalue weighted by molar-refractivity contribution is 0.0283. The highest BCUT2D eigenvalue weighted by atomic mass is 32.1. The van der Waals surface area contributed by atoms with E-state index in [0.717, 1.165) is 43.2 Å². The summed E-state index contributed by atoms with van der Waals surface area (Å²) in [6, 6.07) is 19.2. The summed E-state index contributed by atoms with van der Waals surface area (Å²) in [6.07, 6.45) is 4.44. The molecule has 0 fully saturated rings. The van der Waals surface area contributed by atoms with Crippen molar-refractivity contribution in [3.05, 3.63) is 81.7 Å². The van der Waals surface area contributed by atoms with Crippen LogP contribution in [0.3, 0.4) is 0 Å². The summed E-state index contributed by atoms with van der Waals surface area (Å²) in [5, 5.41) is 20.1. The molecule has 154 valence electrons. The fourth-order valence-corrected chi connectivity index (χ4v) is 4.88. The molecule has 0 aliphatic rings. The SMILES string of the molecule is CCc1cc(C(O)(CC)CC)ccc1-c1ccc(CCc2ccc(CO)cc2)s1. The van der Waals surface area contributed by atoms with Crippen molar-refractivity contribution < 1.29 is 10.2 Å². The lowest BCUT2D eigenvalue weighted by atomic mass is 9.86. The van der Waals surface area contributed by atoms with Gasteiger partial charge in [-0.3, -0.25) is 0 Å². The minimum atomic E-state index is -0.728. The Labute approximate surface area is 178 Å². The van der Waals surface area contributed by atoms with Crippen molar-refractivity contribution in [2.24, 2.45) is 0 Å². The Bertz CT molecular complexity index is 920. The first-order chi connectivity index (χ1) is 14.0. The van der Waals surface area contributed by atoms with E-state index in [9.17, 15) is 5.11 Å². The highest BCUT2D eigenvalue weighted by Crippen LogP contribution is 2.36. The van der Waals surface area contributed by atoms with Crippen LogP contribution in [0.1, 0.15) is 60.7 Å². The zero-order chi connectivity index (χ0) is 20.9. The Morgan fingerprint density at radius 3 is 2.14 bits per heavy atom. The van der Waals surface area contributed by atoms with Gasteiger partial charge in [-0.2, -0.15) is 0 Å². The second kappa shape index (κ2) is 9.71. The highest BCUT2D eigenvalue weighted by Gasteiger charge is 2.25. The monoisotopic (exact) mass is 408 g/mol. The summed E-state index contributed by atoms with van der Waals surface area (Å²) in [6.45, 7) is 6.38. The Kier molecular flexibility index (Phi) is 7.28. The minimum Gasteiger partial charge on any atom is -0.392 e. The van der Waals surface area contributed by atoms with Crippen molar-refractivity contribution in [2.75, 3.05) is 0 Å². The average Bonchev–Trinajstić information content (AvgIpc) is 3.25. The Morgan fingerprint density at radius 1 is 0.828 bits per heavy atom. The van der Waals surface area contributed by atoms with Crippen LogP contribution in [0, 0.1) is 0 Å². The van der Waals surface area contributed by atoms with Crippen LogP contribution in [0.2, 0.25) is 0 Å². The molecule has 0 aliphatic carbocycles. The summed E-state index contributed by atoms with van der Waals surface area (Å²) in [7, 11) is 0. The predicted octanol–water partition coefficient (Wildman–Crippen LogP) is 6.26. The molecule has 2 N–H and O–H groups in total. The molecule has 0 spiro atoms. The van der Waals surface area contributed by atoms with Crippen LogP contribution in [0.5, 0.6) is 0 Å². The van der Waals surface area contributed by atoms with E-state index < -0.39 is 5.60 Å². The van der Waals surface area contributed by atoms with Crippen molar-refractivity contribution in [3.8, 4) is 10.4 Å². The second-order valence-corrected chi connectivity index (χ2v) is 8.87. The summed E-state index contributed by atoms with van der Waals surface area (Å²) < 4.78 is 0. The normalized spacial score (nSPS) is 11.8. The third-order valence-electron chi connectivity index (χ3n) is 5.99. The number of hydrogen-bond donors (Lipinski definition) is 2. The number of aliphatic hydroxyl groups is 2. The van der Waals surface area contributed by atoms with Crippen LogP contribution >= 0.6 is 11.3 Å². The molecule has 0 unspecified atom stereocenters. The summed E-state index contributed by atoms with van der Waals surface area (Å²) in [4.78, 5) is 2.69. The van der Waals surface area contributed by atoms with E-state index in [1.54, 1.807) is 0 Å². The molecule has 1 heterocycles. The van der Waals surface area contributed by atoms with E-state index in [1.807, 2.05) is 37.3 Å². The van der Waals surface area contributed by atoms with Crippen LogP contribution < -0.4 is 0 Å². The topological polar surface area (TPSA) is 40.5 Å². The van der Waals surface area contributed by atoms with Gasteiger partial charge < -0.3 is 10.2 Å². The number of hydrogen-bond acceptors (Lipinski definition) is 3. The van der Waals surface area contributed by atoms with Crippen LogP contribution in [0.4, 0.5) is 0 Å². The molecule has 0 amide bonds. The molecular formula is C26H32O2S. The average molecular weight is 409 g/mol. The maximum atomic E-state index is 10.9. The largest absolute Gasteiger partial charge is 0.392 e. The first-order valence-corrected chi connectivity index (χ1v) is 11.5. The molecule has 3 heteroatoms. The first-order valence-electron chi connectivity index (χ1n) is 10.7. The van der Waals surface area contributed by atoms with Crippen LogP contribution in [0.15, 0.2) is 54.6 Å². The van der Waals surface area contributed by atoms with Gasteiger partial charge in [0.15, 0.2) is 0 Å².